The fourth-order valence-electron chi connectivity index (χ4n) is 3.90. The maximum absolute atomic E-state index is 12.1. The number of nitrogens with zero attached hydrogens (tertiary/aromatic N) is 3. The van der Waals surface area contributed by atoms with Crippen molar-refractivity contribution in [3.63, 3.8) is 0 Å². The molecule has 0 spiro atoms. The van der Waals surface area contributed by atoms with Gasteiger partial charge in [0.2, 0.25) is 0 Å². The summed E-state index contributed by atoms with van der Waals surface area (Å²) in [6.45, 7) is 2.46. The van der Waals surface area contributed by atoms with Crippen LogP contribution >= 0.6 is 0 Å². The van der Waals surface area contributed by atoms with Crippen LogP contribution in [-0.2, 0) is 11.4 Å². The summed E-state index contributed by atoms with van der Waals surface area (Å²) in [7, 11) is 0. The molecule has 1 aliphatic carbocycles. The predicted molar refractivity (Wildman–Crippen MR) is 129 cm³/mol. The minimum Gasteiger partial charge on any atom is -0.593 e. The quantitative estimate of drug-likeness (QED) is 0.294. The lowest BCUT2D eigenvalue weighted by atomic mass is 9.90. The molecule has 1 atom stereocenters. The number of rotatable bonds is 10. The van der Waals surface area contributed by atoms with Crippen LogP contribution < -0.4 is 14.8 Å². The minimum atomic E-state index is -1.20. The summed E-state index contributed by atoms with van der Waals surface area (Å²) in [5.41, 5.74) is 2.24. The Labute approximate surface area is 196 Å². The number of aldehydes is 1. The van der Waals surface area contributed by atoms with Gasteiger partial charge in [0.1, 0.15) is 34.5 Å². The van der Waals surface area contributed by atoms with E-state index >= 15 is 0 Å². The highest BCUT2D eigenvalue weighted by Crippen LogP contribution is 2.35. The highest BCUT2D eigenvalue weighted by molar-refractivity contribution is 7.92. The smallest absolute Gasteiger partial charge is 0.156 e. The van der Waals surface area contributed by atoms with Gasteiger partial charge in [0.05, 0.1) is 29.7 Å². The number of hydrogen-bond donors (Lipinski definition) is 3. The Kier molecular flexibility index (Phi) is 7.79. The van der Waals surface area contributed by atoms with Gasteiger partial charge in [-0.25, -0.2) is 9.71 Å². The second kappa shape index (κ2) is 11.2. The lowest BCUT2D eigenvalue weighted by Crippen LogP contribution is -2.18. The average molecular weight is 469 g/mol. The van der Waals surface area contributed by atoms with Gasteiger partial charge in [-0.1, -0.05) is 25.3 Å². The molecule has 2 heterocycles. The topological polar surface area (TPSA) is 128 Å². The zero-order valence-corrected chi connectivity index (χ0v) is 19.4. The monoisotopic (exact) mass is 468 g/mol. The van der Waals surface area contributed by atoms with E-state index in [0.29, 0.717) is 58.2 Å². The van der Waals surface area contributed by atoms with Crippen molar-refractivity contribution in [3.05, 3.63) is 42.4 Å². The van der Waals surface area contributed by atoms with E-state index in [-0.39, 0.29) is 0 Å². The third-order valence-corrected chi connectivity index (χ3v) is 6.65. The van der Waals surface area contributed by atoms with E-state index in [2.05, 4.69) is 30.2 Å². The molecule has 0 radical (unpaired) electrons. The van der Waals surface area contributed by atoms with Gasteiger partial charge in [-0.3, -0.25) is 14.9 Å². The van der Waals surface area contributed by atoms with Gasteiger partial charge in [0.15, 0.2) is 6.29 Å². The highest BCUT2D eigenvalue weighted by Gasteiger charge is 2.20. The van der Waals surface area contributed by atoms with Crippen LogP contribution in [0.15, 0.2) is 36.8 Å². The van der Waals surface area contributed by atoms with Crippen molar-refractivity contribution in [2.75, 3.05) is 22.4 Å². The van der Waals surface area contributed by atoms with Crippen LogP contribution in [0, 0.1) is 5.92 Å². The molecule has 2 aromatic heterocycles. The number of carbonyl (C=O) groups excluding carboxylic acids is 1. The Balaban J connectivity index is 1.60. The van der Waals surface area contributed by atoms with Gasteiger partial charge in [-0.15, -0.1) is 0 Å². The molecule has 1 aromatic carbocycles. The van der Waals surface area contributed by atoms with Crippen molar-refractivity contribution in [1.29, 1.82) is 0 Å². The highest BCUT2D eigenvalue weighted by atomic mass is 32.2. The van der Waals surface area contributed by atoms with Crippen LogP contribution in [0.5, 0.6) is 5.75 Å². The molecular weight excluding hydrogens is 440 g/mol. The zero-order chi connectivity index (χ0) is 23.0. The van der Waals surface area contributed by atoms with Gasteiger partial charge in [0, 0.05) is 18.0 Å². The van der Waals surface area contributed by atoms with Gasteiger partial charge < -0.3 is 14.6 Å². The van der Waals surface area contributed by atoms with Crippen molar-refractivity contribution in [2.24, 2.45) is 5.92 Å². The average Bonchev–Trinajstić information content (AvgIpc) is 3.27. The maximum atomic E-state index is 12.1. The number of anilines is 3. The maximum Gasteiger partial charge on any atom is 0.156 e. The normalized spacial score (nSPS) is 15.1. The number of aromatic amines is 1. The first kappa shape index (κ1) is 23.1. The third-order valence-electron chi connectivity index (χ3n) is 5.68. The fraction of sp³-hybridized carbons (Fsp3) is 0.391. The van der Waals surface area contributed by atoms with Crippen LogP contribution in [0.3, 0.4) is 0 Å². The number of nitrogens with one attached hydrogen (secondary N) is 3. The number of benzene rings is 1. The molecule has 1 fully saturated rings. The summed E-state index contributed by atoms with van der Waals surface area (Å²) in [4.78, 5) is 20.1. The Morgan fingerprint density at radius 3 is 2.85 bits per heavy atom. The lowest BCUT2D eigenvalue weighted by Gasteiger charge is -2.23. The SMILES string of the molecule is CC[S+]([O-])Nc1ccc(-c2n[nH]c(Nc3cnccn3)c2C=O)cc1OCC1CCCCC1. The number of carbonyl (C=O) groups is 1. The standard InChI is InChI=1S/C23H28N6O3S/c1-2-33(31)29-19-9-8-17(12-20(19)32-15-16-6-4-3-5-7-16)22-18(14-30)23(28-27-22)26-21-13-24-10-11-25-21/h8-14,16,29H,2-7,15H2,1H3,(H2,25,26,27,28). The molecule has 10 heteroatoms. The lowest BCUT2D eigenvalue weighted by molar-refractivity contribution is 0.112. The zero-order valence-electron chi connectivity index (χ0n) is 18.5. The molecular formula is C23H28N6O3S. The van der Waals surface area contributed by atoms with Crippen molar-refractivity contribution in [2.45, 2.75) is 39.0 Å². The molecule has 0 saturated heterocycles. The van der Waals surface area contributed by atoms with Gasteiger partial charge in [-0.05, 0) is 37.8 Å². The Morgan fingerprint density at radius 1 is 1.27 bits per heavy atom. The molecule has 1 aliphatic rings. The molecule has 0 bridgehead atoms. The van der Waals surface area contributed by atoms with E-state index in [1.165, 1.54) is 19.3 Å². The van der Waals surface area contributed by atoms with E-state index in [4.69, 9.17) is 4.74 Å². The van der Waals surface area contributed by atoms with E-state index in [1.807, 2.05) is 25.1 Å². The molecule has 174 valence electrons. The molecule has 9 nitrogen and oxygen atoms in total. The van der Waals surface area contributed by atoms with E-state index in [1.54, 1.807) is 18.6 Å². The summed E-state index contributed by atoms with van der Waals surface area (Å²) in [6, 6.07) is 5.49. The van der Waals surface area contributed by atoms with Crippen molar-refractivity contribution < 1.29 is 14.1 Å². The molecule has 4 rings (SSSR count). The first-order valence-corrected chi connectivity index (χ1v) is 12.5. The van der Waals surface area contributed by atoms with Crippen LogP contribution in [0.2, 0.25) is 0 Å². The van der Waals surface area contributed by atoms with Crippen LogP contribution in [0.25, 0.3) is 11.3 Å². The van der Waals surface area contributed by atoms with Crippen LogP contribution in [0.1, 0.15) is 49.4 Å². The molecule has 0 aliphatic heterocycles. The summed E-state index contributed by atoms with van der Waals surface area (Å²) >= 11 is -1.20. The Bertz CT molecular complexity index is 1060. The van der Waals surface area contributed by atoms with Gasteiger partial charge >= 0.3 is 0 Å². The van der Waals surface area contributed by atoms with Gasteiger partial charge in [-0.2, -0.15) is 5.10 Å². The van der Waals surface area contributed by atoms with Crippen LogP contribution in [0.4, 0.5) is 17.3 Å². The summed E-state index contributed by atoms with van der Waals surface area (Å²) in [6.07, 6.45) is 11.5. The van der Waals surface area contributed by atoms with Crippen LogP contribution in [-0.4, -0.2) is 43.4 Å². The second-order valence-electron chi connectivity index (χ2n) is 7.96. The van der Waals surface area contributed by atoms with Gasteiger partial charge in [0.25, 0.3) is 0 Å². The van der Waals surface area contributed by atoms with Crippen molar-refractivity contribution in [1.82, 2.24) is 20.2 Å². The Hall–Kier alpha value is -3.11. The number of ether oxygens (including phenoxy) is 1. The molecule has 3 N–H and O–H groups in total. The molecule has 1 unspecified atom stereocenters. The largest absolute Gasteiger partial charge is 0.593 e. The number of hydrogen-bond acceptors (Lipinski definition) is 8. The summed E-state index contributed by atoms with van der Waals surface area (Å²) in [5.74, 6) is 2.53. The summed E-state index contributed by atoms with van der Waals surface area (Å²) < 4.78 is 21.4. The molecule has 1 saturated carbocycles. The van der Waals surface area contributed by atoms with E-state index in [0.717, 1.165) is 19.1 Å². The predicted octanol–water partition coefficient (Wildman–Crippen LogP) is 4.48. The Morgan fingerprint density at radius 2 is 2.12 bits per heavy atom. The first-order chi connectivity index (χ1) is 16.2. The van der Waals surface area contributed by atoms with E-state index < -0.39 is 11.4 Å². The minimum absolute atomic E-state index is 0.372. The molecule has 33 heavy (non-hydrogen) atoms. The second-order valence-corrected chi connectivity index (χ2v) is 9.43. The fourth-order valence-corrected chi connectivity index (χ4v) is 4.46. The van der Waals surface area contributed by atoms with Crippen molar-refractivity contribution in [3.8, 4) is 17.0 Å². The first-order valence-electron chi connectivity index (χ1n) is 11.2. The van der Waals surface area contributed by atoms with Crippen molar-refractivity contribution >= 4 is 35.0 Å². The number of H-pyrrole nitrogens is 1. The molecule has 0 amide bonds. The third kappa shape index (κ3) is 5.82. The van der Waals surface area contributed by atoms with E-state index in [9.17, 15) is 9.35 Å². The summed E-state index contributed by atoms with van der Waals surface area (Å²) in [5, 5.41) is 10.2. The number of aromatic nitrogens is 4. The molecule has 3 aromatic rings.